The van der Waals surface area contributed by atoms with Crippen LogP contribution in [0, 0.1) is 0 Å². The van der Waals surface area contributed by atoms with E-state index in [-0.39, 0.29) is 5.56 Å². The molecular weight excluding hydrogens is 440 g/mol. The number of aromatic nitrogens is 1. The average Bonchev–Trinajstić information content (AvgIpc) is 3.28. The van der Waals surface area contributed by atoms with Crippen LogP contribution in [0.2, 0.25) is 0 Å². The molecule has 7 nitrogen and oxygen atoms in total. The van der Waals surface area contributed by atoms with Crippen molar-refractivity contribution in [3.63, 3.8) is 0 Å². The number of ether oxygens (including phenoxy) is 3. The van der Waals surface area contributed by atoms with Gasteiger partial charge in [-0.15, -0.1) is 11.3 Å². The maximum Gasteiger partial charge on any atom is 0.339 e. The molecule has 0 radical (unpaired) electrons. The summed E-state index contributed by atoms with van der Waals surface area (Å²) in [5, 5.41) is 5.03. The summed E-state index contributed by atoms with van der Waals surface area (Å²) in [5.41, 5.74) is 3.28. The zero-order valence-corrected chi connectivity index (χ0v) is 20.0. The fraction of sp³-hybridized carbons (Fsp3) is 0.320. The van der Waals surface area contributed by atoms with E-state index in [0.29, 0.717) is 29.8 Å². The summed E-state index contributed by atoms with van der Waals surface area (Å²) in [5.74, 6) is -0.0853. The number of thiazole rings is 1. The molecule has 1 N–H and O–H groups in total. The van der Waals surface area contributed by atoms with Gasteiger partial charge >= 0.3 is 5.97 Å². The molecule has 0 aliphatic rings. The molecule has 0 saturated carbocycles. The van der Waals surface area contributed by atoms with Gasteiger partial charge < -0.3 is 14.2 Å². The fourth-order valence-corrected chi connectivity index (χ4v) is 3.76. The van der Waals surface area contributed by atoms with Crippen LogP contribution >= 0.6 is 11.3 Å². The van der Waals surface area contributed by atoms with Crippen LogP contribution in [-0.2, 0) is 16.0 Å². The number of amides is 1. The number of carbonyl (C=O) groups is 2. The van der Waals surface area contributed by atoms with Crippen molar-refractivity contribution in [2.75, 3.05) is 18.5 Å². The Bertz CT molecular complexity index is 1090. The van der Waals surface area contributed by atoms with E-state index in [4.69, 9.17) is 14.2 Å². The van der Waals surface area contributed by atoms with E-state index in [1.807, 2.05) is 31.4 Å². The quantitative estimate of drug-likeness (QED) is 0.404. The molecule has 2 aromatic carbocycles. The number of rotatable bonds is 10. The first-order chi connectivity index (χ1) is 15.9. The van der Waals surface area contributed by atoms with E-state index in [0.717, 1.165) is 17.7 Å². The molecule has 0 aliphatic heterocycles. The summed E-state index contributed by atoms with van der Waals surface area (Å²) in [7, 11) is 0. The highest BCUT2D eigenvalue weighted by atomic mass is 32.1. The second kappa shape index (κ2) is 11.5. The summed E-state index contributed by atoms with van der Waals surface area (Å²) in [6, 6.07) is 12.9. The Morgan fingerprint density at radius 2 is 1.70 bits per heavy atom. The van der Waals surface area contributed by atoms with Crippen molar-refractivity contribution in [3.8, 4) is 22.8 Å². The highest BCUT2D eigenvalue weighted by Crippen LogP contribution is 2.29. The first kappa shape index (κ1) is 24.3. The van der Waals surface area contributed by atoms with Crippen LogP contribution < -0.4 is 14.8 Å². The molecule has 0 saturated heterocycles. The summed E-state index contributed by atoms with van der Waals surface area (Å²) in [6.07, 6.45) is -0.0328. The number of nitrogens with zero attached hydrogens (tertiary/aromatic N) is 1. The van der Waals surface area contributed by atoms with Gasteiger partial charge in [-0.2, -0.15) is 0 Å². The van der Waals surface area contributed by atoms with Gasteiger partial charge in [0.2, 0.25) is 0 Å². The Labute approximate surface area is 197 Å². The summed E-state index contributed by atoms with van der Waals surface area (Å²) < 4.78 is 16.4. The average molecular weight is 469 g/mol. The number of anilines is 1. The molecule has 3 rings (SSSR count). The zero-order chi connectivity index (χ0) is 23.8. The molecule has 33 heavy (non-hydrogen) atoms. The van der Waals surface area contributed by atoms with E-state index in [2.05, 4.69) is 29.4 Å². The minimum Gasteiger partial charge on any atom is -0.490 e. The Hall–Kier alpha value is -3.39. The van der Waals surface area contributed by atoms with Crippen molar-refractivity contribution < 1.29 is 23.8 Å². The van der Waals surface area contributed by atoms with Crippen LogP contribution in [-0.4, -0.2) is 36.2 Å². The number of benzene rings is 2. The molecule has 0 unspecified atom stereocenters. The van der Waals surface area contributed by atoms with E-state index < -0.39 is 18.0 Å². The number of nitrogens with one attached hydrogen (secondary N) is 1. The van der Waals surface area contributed by atoms with Gasteiger partial charge in [0.25, 0.3) is 5.91 Å². The summed E-state index contributed by atoms with van der Waals surface area (Å²) >= 11 is 1.31. The largest absolute Gasteiger partial charge is 0.490 e. The molecule has 0 aliphatic carbocycles. The SMILES string of the molecule is CCOc1ccc(C(=O)O[C@@H](C)C(=O)Nc2nc(-c3ccc(CC)cc3)cs2)cc1OCC. The van der Waals surface area contributed by atoms with Gasteiger partial charge in [-0.3, -0.25) is 10.1 Å². The van der Waals surface area contributed by atoms with Crippen molar-refractivity contribution >= 4 is 28.3 Å². The van der Waals surface area contributed by atoms with Gasteiger partial charge in [0.15, 0.2) is 22.7 Å². The van der Waals surface area contributed by atoms with Gasteiger partial charge in [-0.1, -0.05) is 31.2 Å². The van der Waals surface area contributed by atoms with Crippen molar-refractivity contribution in [1.82, 2.24) is 4.98 Å². The van der Waals surface area contributed by atoms with Gasteiger partial charge in [-0.25, -0.2) is 9.78 Å². The molecule has 0 fully saturated rings. The highest BCUT2D eigenvalue weighted by Gasteiger charge is 2.21. The Kier molecular flexibility index (Phi) is 8.43. The molecular formula is C25H28N2O5S. The van der Waals surface area contributed by atoms with E-state index in [1.165, 1.54) is 23.8 Å². The first-order valence-corrected chi connectivity index (χ1v) is 11.8. The number of carbonyl (C=O) groups excluding carboxylic acids is 2. The van der Waals surface area contributed by atoms with Gasteiger partial charge in [0.05, 0.1) is 24.5 Å². The third-order valence-corrected chi connectivity index (χ3v) is 5.58. The van der Waals surface area contributed by atoms with Crippen molar-refractivity contribution in [2.45, 2.75) is 40.2 Å². The molecule has 8 heteroatoms. The van der Waals surface area contributed by atoms with Gasteiger partial charge in [0.1, 0.15) is 0 Å². The summed E-state index contributed by atoms with van der Waals surface area (Å²) in [4.78, 5) is 29.6. The van der Waals surface area contributed by atoms with Crippen molar-refractivity contribution in [3.05, 3.63) is 59.0 Å². The van der Waals surface area contributed by atoms with Crippen molar-refractivity contribution in [2.24, 2.45) is 0 Å². The number of esters is 1. The van der Waals surface area contributed by atoms with Crippen LogP contribution in [0.5, 0.6) is 11.5 Å². The third kappa shape index (κ3) is 6.32. The maximum absolute atomic E-state index is 12.6. The smallest absolute Gasteiger partial charge is 0.339 e. The zero-order valence-electron chi connectivity index (χ0n) is 19.2. The van der Waals surface area contributed by atoms with Crippen LogP contribution in [0.25, 0.3) is 11.3 Å². The third-order valence-electron chi connectivity index (χ3n) is 4.82. The predicted molar refractivity (Wildman–Crippen MR) is 129 cm³/mol. The van der Waals surface area contributed by atoms with Crippen LogP contribution in [0.4, 0.5) is 5.13 Å². The lowest BCUT2D eigenvalue weighted by atomic mass is 10.1. The maximum atomic E-state index is 12.6. The van der Waals surface area contributed by atoms with E-state index >= 15 is 0 Å². The molecule has 1 amide bonds. The molecule has 3 aromatic rings. The number of hydrogen-bond acceptors (Lipinski definition) is 7. The minimum absolute atomic E-state index is 0.272. The summed E-state index contributed by atoms with van der Waals surface area (Å²) in [6.45, 7) is 8.24. The first-order valence-electron chi connectivity index (χ1n) is 10.9. The molecule has 0 bridgehead atoms. The Morgan fingerprint density at radius 3 is 2.36 bits per heavy atom. The molecule has 1 heterocycles. The molecule has 0 spiro atoms. The topological polar surface area (TPSA) is 86.8 Å². The van der Waals surface area contributed by atoms with Gasteiger partial charge in [0, 0.05) is 10.9 Å². The van der Waals surface area contributed by atoms with Crippen molar-refractivity contribution in [1.29, 1.82) is 0 Å². The lowest BCUT2D eigenvalue weighted by Crippen LogP contribution is -2.30. The van der Waals surface area contributed by atoms with Gasteiger partial charge in [-0.05, 0) is 51.0 Å². The van der Waals surface area contributed by atoms with Crippen LogP contribution in [0.15, 0.2) is 47.8 Å². The molecule has 1 aromatic heterocycles. The lowest BCUT2D eigenvalue weighted by Gasteiger charge is -2.14. The molecule has 1 atom stereocenters. The monoisotopic (exact) mass is 468 g/mol. The Morgan fingerprint density at radius 1 is 1.00 bits per heavy atom. The fourth-order valence-electron chi connectivity index (χ4n) is 3.04. The van der Waals surface area contributed by atoms with Crippen LogP contribution in [0.1, 0.15) is 43.6 Å². The number of hydrogen-bond donors (Lipinski definition) is 1. The number of aryl methyl sites for hydroxylation is 1. The Balaban J connectivity index is 1.62. The van der Waals surface area contributed by atoms with Crippen LogP contribution in [0.3, 0.4) is 0 Å². The molecule has 174 valence electrons. The predicted octanol–water partition coefficient (Wildman–Crippen LogP) is 5.35. The lowest BCUT2D eigenvalue weighted by molar-refractivity contribution is -0.123. The van der Waals surface area contributed by atoms with E-state index in [9.17, 15) is 9.59 Å². The van der Waals surface area contributed by atoms with E-state index in [1.54, 1.807) is 18.2 Å². The normalized spacial score (nSPS) is 11.5. The second-order valence-corrected chi connectivity index (χ2v) is 8.01. The minimum atomic E-state index is -1.00. The highest BCUT2D eigenvalue weighted by molar-refractivity contribution is 7.14. The second-order valence-electron chi connectivity index (χ2n) is 7.15. The standard InChI is InChI=1S/C25H28N2O5S/c1-5-17-8-10-18(11-9-17)20-15-33-25(26-20)27-23(28)16(4)32-24(29)19-12-13-21(30-6-2)22(14-19)31-7-3/h8-16H,5-7H2,1-4H3,(H,26,27,28)/t16-/m0/s1.